The van der Waals surface area contributed by atoms with Crippen molar-refractivity contribution in [3.63, 3.8) is 0 Å². The normalized spacial score (nSPS) is 18.8. The lowest BCUT2D eigenvalue weighted by Gasteiger charge is -2.39. The topological polar surface area (TPSA) is 40.2 Å². The number of hydrogen-bond acceptors (Lipinski definition) is 4. The van der Waals surface area contributed by atoms with Crippen LogP contribution in [0.25, 0.3) is 0 Å². The average molecular weight is 345 g/mol. The minimum absolute atomic E-state index is 0.285. The highest BCUT2D eigenvalue weighted by molar-refractivity contribution is 4.80. The van der Waals surface area contributed by atoms with E-state index in [1.807, 2.05) is 13.8 Å². The largest absolute Gasteiger partial charge is 0.378 e. The lowest BCUT2D eigenvalue weighted by Crippen LogP contribution is -2.45. The molecule has 0 aliphatic carbocycles. The molecule has 4 heteroatoms. The monoisotopic (exact) mass is 344 g/mol. The maximum atomic E-state index is 6.12. The van der Waals surface area contributed by atoms with Gasteiger partial charge in [0.05, 0.1) is 19.8 Å². The Morgan fingerprint density at radius 3 is 2.12 bits per heavy atom. The molecular weight excluding hydrogens is 304 g/mol. The highest BCUT2D eigenvalue weighted by Gasteiger charge is 2.39. The molecule has 0 aromatic heterocycles. The summed E-state index contributed by atoms with van der Waals surface area (Å²) >= 11 is 0. The molecule has 1 heterocycles. The molecule has 0 amide bonds. The lowest BCUT2D eigenvalue weighted by atomic mass is 9.90. The maximum Gasteiger partial charge on any atom is 0.172 e. The quantitative estimate of drug-likeness (QED) is 0.213. The Bertz CT molecular complexity index is 285. The summed E-state index contributed by atoms with van der Waals surface area (Å²) < 4.78 is 23.4. The second kappa shape index (κ2) is 13.1. The fourth-order valence-corrected chi connectivity index (χ4v) is 3.37. The molecule has 0 bridgehead atoms. The van der Waals surface area contributed by atoms with Gasteiger partial charge in [-0.1, -0.05) is 52.4 Å². The van der Waals surface area contributed by atoms with E-state index in [0.717, 1.165) is 19.4 Å². The summed E-state index contributed by atoms with van der Waals surface area (Å²) in [4.78, 5) is 0. The Kier molecular flexibility index (Phi) is 11.9. The van der Waals surface area contributed by atoms with Crippen LogP contribution < -0.4 is 0 Å². The van der Waals surface area contributed by atoms with Crippen molar-refractivity contribution in [3.8, 4) is 0 Å². The zero-order valence-corrected chi connectivity index (χ0v) is 16.5. The molecule has 0 radical (unpaired) electrons. The first-order valence-corrected chi connectivity index (χ1v) is 10.2. The third kappa shape index (κ3) is 8.28. The van der Waals surface area contributed by atoms with Gasteiger partial charge in [0.1, 0.15) is 6.10 Å². The highest BCUT2D eigenvalue weighted by Crippen LogP contribution is 2.32. The molecule has 1 aliphatic heterocycles. The SMILES string of the molecule is CCCCCCCCC(COCC1CO1)C(CC)(OCC)OCC. The van der Waals surface area contributed by atoms with Gasteiger partial charge in [0, 0.05) is 19.1 Å². The lowest BCUT2D eigenvalue weighted by molar-refractivity contribution is -0.273. The van der Waals surface area contributed by atoms with Crippen molar-refractivity contribution in [2.45, 2.75) is 91.0 Å². The first kappa shape index (κ1) is 21.9. The summed E-state index contributed by atoms with van der Waals surface area (Å²) in [6.45, 7) is 12.1. The molecule has 0 N–H and O–H groups in total. The van der Waals surface area contributed by atoms with Gasteiger partial charge in [0.15, 0.2) is 5.79 Å². The fourth-order valence-electron chi connectivity index (χ4n) is 3.37. The smallest absolute Gasteiger partial charge is 0.172 e. The molecule has 24 heavy (non-hydrogen) atoms. The standard InChI is InChI=1S/C20H40O4/c1-5-9-10-11-12-13-14-18(15-21-16-19-17-22-19)20(6-2,23-7-3)24-8-4/h18-19H,5-17H2,1-4H3. The van der Waals surface area contributed by atoms with Crippen LogP contribution in [-0.2, 0) is 18.9 Å². The van der Waals surface area contributed by atoms with E-state index in [-0.39, 0.29) is 5.92 Å². The van der Waals surface area contributed by atoms with Crippen molar-refractivity contribution in [2.24, 2.45) is 5.92 Å². The summed E-state index contributed by atoms with van der Waals surface area (Å²) in [5.74, 6) is -0.218. The molecule has 1 fully saturated rings. The van der Waals surface area contributed by atoms with Crippen molar-refractivity contribution in [2.75, 3.05) is 33.0 Å². The van der Waals surface area contributed by atoms with Gasteiger partial charge in [0.2, 0.25) is 0 Å². The Labute approximate surface area is 149 Å². The van der Waals surface area contributed by atoms with E-state index in [2.05, 4.69) is 13.8 Å². The van der Waals surface area contributed by atoms with Gasteiger partial charge in [-0.05, 0) is 26.7 Å². The van der Waals surface area contributed by atoms with Crippen LogP contribution in [0, 0.1) is 5.92 Å². The van der Waals surface area contributed by atoms with Crippen molar-refractivity contribution in [1.29, 1.82) is 0 Å². The minimum atomic E-state index is -0.503. The Morgan fingerprint density at radius 1 is 0.958 bits per heavy atom. The van der Waals surface area contributed by atoms with Gasteiger partial charge in [-0.2, -0.15) is 0 Å². The molecule has 0 aromatic carbocycles. The molecule has 0 saturated carbocycles. The van der Waals surface area contributed by atoms with Crippen molar-refractivity contribution >= 4 is 0 Å². The zero-order valence-electron chi connectivity index (χ0n) is 16.5. The third-order valence-electron chi connectivity index (χ3n) is 4.82. The summed E-state index contributed by atoms with van der Waals surface area (Å²) in [7, 11) is 0. The fraction of sp³-hybridized carbons (Fsp3) is 1.00. The molecule has 0 aromatic rings. The number of rotatable bonds is 17. The molecule has 1 rings (SSSR count). The number of unbranched alkanes of at least 4 members (excludes halogenated alkanes) is 5. The van der Waals surface area contributed by atoms with E-state index >= 15 is 0 Å². The third-order valence-corrected chi connectivity index (χ3v) is 4.82. The Hall–Kier alpha value is -0.160. The second-order valence-corrected chi connectivity index (χ2v) is 6.78. The predicted molar refractivity (Wildman–Crippen MR) is 98.3 cm³/mol. The van der Waals surface area contributed by atoms with E-state index in [1.165, 1.54) is 38.5 Å². The van der Waals surface area contributed by atoms with Gasteiger partial charge in [-0.15, -0.1) is 0 Å². The molecule has 1 saturated heterocycles. The first-order valence-electron chi connectivity index (χ1n) is 10.2. The van der Waals surface area contributed by atoms with E-state index in [4.69, 9.17) is 18.9 Å². The molecule has 1 aliphatic rings. The van der Waals surface area contributed by atoms with E-state index in [0.29, 0.717) is 32.5 Å². The van der Waals surface area contributed by atoms with E-state index < -0.39 is 5.79 Å². The van der Waals surface area contributed by atoms with Crippen LogP contribution in [0.5, 0.6) is 0 Å². The van der Waals surface area contributed by atoms with Gasteiger partial charge in [-0.3, -0.25) is 0 Å². The van der Waals surface area contributed by atoms with Crippen LogP contribution in [0.1, 0.15) is 79.1 Å². The van der Waals surface area contributed by atoms with E-state index in [1.54, 1.807) is 0 Å². The van der Waals surface area contributed by atoms with Gasteiger partial charge >= 0.3 is 0 Å². The summed E-state index contributed by atoms with van der Waals surface area (Å²) in [5, 5.41) is 0. The van der Waals surface area contributed by atoms with Crippen molar-refractivity contribution in [3.05, 3.63) is 0 Å². The molecule has 2 atom stereocenters. The van der Waals surface area contributed by atoms with Gasteiger partial charge in [-0.25, -0.2) is 0 Å². The highest BCUT2D eigenvalue weighted by atomic mass is 16.7. The van der Waals surface area contributed by atoms with Crippen LogP contribution in [0.3, 0.4) is 0 Å². The van der Waals surface area contributed by atoms with Gasteiger partial charge < -0.3 is 18.9 Å². The first-order chi connectivity index (χ1) is 11.7. The second-order valence-electron chi connectivity index (χ2n) is 6.78. The Morgan fingerprint density at radius 2 is 1.58 bits per heavy atom. The number of ether oxygens (including phenoxy) is 4. The minimum Gasteiger partial charge on any atom is -0.378 e. The molecule has 4 nitrogen and oxygen atoms in total. The van der Waals surface area contributed by atoms with Crippen molar-refractivity contribution in [1.82, 2.24) is 0 Å². The van der Waals surface area contributed by atoms with Crippen LogP contribution in [0.15, 0.2) is 0 Å². The van der Waals surface area contributed by atoms with E-state index in [9.17, 15) is 0 Å². The summed E-state index contributed by atoms with van der Waals surface area (Å²) in [6.07, 6.45) is 10.1. The number of epoxide rings is 1. The van der Waals surface area contributed by atoms with Crippen LogP contribution >= 0.6 is 0 Å². The molecule has 0 spiro atoms. The van der Waals surface area contributed by atoms with Crippen molar-refractivity contribution < 1.29 is 18.9 Å². The van der Waals surface area contributed by atoms with Crippen LogP contribution in [-0.4, -0.2) is 44.9 Å². The number of hydrogen-bond donors (Lipinski definition) is 0. The predicted octanol–water partition coefficient (Wildman–Crippen LogP) is 4.95. The summed E-state index contributed by atoms with van der Waals surface area (Å²) in [5.41, 5.74) is 0. The Balaban J connectivity index is 2.51. The molecule has 144 valence electrons. The van der Waals surface area contributed by atoms with Crippen LogP contribution in [0.4, 0.5) is 0 Å². The molecular formula is C20H40O4. The zero-order chi connectivity index (χ0) is 17.7. The van der Waals surface area contributed by atoms with Crippen LogP contribution in [0.2, 0.25) is 0 Å². The van der Waals surface area contributed by atoms with Gasteiger partial charge in [0.25, 0.3) is 0 Å². The maximum absolute atomic E-state index is 6.12. The summed E-state index contributed by atoms with van der Waals surface area (Å²) in [6, 6.07) is 0. The average Bonchev–Trinajstić information content (AvgIpc) is 3.40. The molecule has 2 unspecified atom stereocenters.